The van der Waals surface area contributed by atoms with Gasteiger partial charge < -0.3 is 9.84 Å². The lowest BCUT2D eigenvalue weighted by molar-refractivity contribution is -0.155. The summed E-state index contributed by atoms with van der Waals surface area (Å²) >= 11 is 0. The molecule has 0 aromatic heterocycles. The van der Waals surface area contributed by atoms with Gasteiger partial charge in [0.05, 0.1) is 6.54 Å². The monoisotopic (exact) mass is 346 g/mol. The van der Waals surface area contributed by atoms with Crippen LogP contribution in [0.15, 0.2) is 24.3 Å². The van der Waals surface area contributed by atoms with Crippen molar-refractivity contribution in [3.63, 3.8) is 0 Å². The van der Waals surface area contributed by atoms with Gasteiger partial charge in [-0.15, -0.1) is 0 Å². The summed E-state index contributed by atoms with van der Waals surface area (Å²) in [4.78, 5) is 3.42. The van der Waals surface area contributed by atoms with Gasteiger partial charge in [-0.1, -0.05) is 17.7 Å². The van der Waals surface area contributed by atoms with Crippen LogP contribution >= 0.6 is 0 Å². The van der Waals surface area contributed by atoms with Crippen molar-refractivity contribution in [1.82, 2.24) is 9.80 Å². The fourth-order valence-electron chi connectivity index (χ4n) is 2.88. The molecule has 7 heteroatoms. The van der Waals surface area contributed by atoms with Gasteiger partial charge in [0.15, 0.2) is 0 Å². The van der Waals surface area contributed by atoms with Crippen molar-refractivity contribution in [3.8, 4) is 5.75 Å². The topological polar surface area (TPSA) is 35.9 Å². The van der Waals surface area contributed by atoms with Crippen LogP contribution in [0.4, 0.5) is 13.2 Å². The molecule has 2 atom stereocenters. The van der Waals surface area contributed by atoms with Crippen molar-refractivity contribution in [3.05, 3.63) is 29.8 Å². The average molecular weight is 346 g/mol. The predicted molar refractivity (Wildman–Crippen MR) is 86.2 cm³/mol. The van der Waals surface area contributed by atoms with E-state index < -0.39 is 18.8 Å². The van der Waals surface area contributed by atoms with Crippen LogP contribution in [-0.4, -0.2) is 72.6 Å². The zero-order valence-electron chi connectivity index (χ0n) is 14.1. The van der Waals surface area contributed by atoms with Crippen LogP contribution in [0, 0.1) is 6.92 Å². The summed E-state index contributed by atoms with van der Waals surface area (Å²) in [6, 6.07) is 7.37. The summed E-state index contributed by atoms with van der Waals surface area (Å²) in [7, 11) is 0. The van der Waals surface area contributed by atoms with E-state index in [1.54, 1.807) is 6.92 Å². The van der Waals surface area contributed by atoms with Crippen LogP contribution in [0.1, 0.15) is 12.5 Å². The fraction of sp³-hybridized carbons (Fsp3) is 0.647. The van der Waals surface area contributed by atoms with E-state index >= 15 is 0 Å². The summed E-state index contributed by atoms with van der Waals surface area (Å²) in [6.07, 6.45) is -4.84. The normalized spacial score (nSPS) is 21.7. The number of β-amino-alcohol motifs (C(OH)–C–C–N with tert-alkyl or cyclic N) is 1. The Balaban J connectivity index is 1.73. The van der Waals surface area contributed by atoms with Gasteiger partial charge in [0.1, 0.15) is 18.5 Å². The molecule has 1 saturated heterocycles. The molecule has 1 aromatic rings. The maximum absolute atomic E-state index is 12.5. The first kappa shape index (κ1) is 19.0. The lowest BCUT2D eigenvalue weighted by Crippen LogP contribution is -2.55. The number of hydrogen-bond acceptors (Lipinski definition) is 4. The van der Waals surface area contributed by atoms with Crippen LogP contribution in [0.3, 0.4) is 0 Å². The van der Waals surface area contributed by atoms with Crippen molar-refractivity contribution in [1.29, 1.82) is 0 Å². The summed E-state index contributed by atoms with van der Waals surface area (Å²) in [5, 5.41) is 10.1. The molecule has 1 aliphatic rings. The molecular weight excluding hydrogens is 321 g/mol. The van der Waals surface area contributed by atoms with E-state index in [-0.39, 0.29) is 12.6 Å². The summed E-state index contributed by atoms with van der Waals surface area (Å²) in [5.74, 6) is 0.697. The van der Waals surface area contributed by atoms with E-state index in [4.69, 9.17) is 4.74 Å². The largest absolute Gasteiger partial charge is 0.491 e. The van der Waals surface area contributed by atoms with E-state index in [1.807, 2.05) is 36.1 Å². The first-order valence-corrected chi connectivity index (χ1v) is 8.13. The first-order chi connectivity index (χ1) is 11.2. The van der Waals surface area contributed by atoms with Gasteiger partial charge in [-0.05, 0) is 26.0 Å². The van der Waals surface area contributed by atoms with E-state index in [2.05, 4.69) is 0 Å². The number of halogens is 3. The third-order valence-electron chi connectivity index (χ3n) is 4.16. The molecule has 1 heterocycles. The number of rotatable bonds is 6. The molecule has 136 valence electrons. The van der Waals surface area contributed by atoms with E-state index in [1.165, 1.54) is 4.90 Å². The zero-order chi connectivity index (χ0) is 17.7. The number of hydrogen-bond donors (Lipinski definition) is 1. The van der Waals surface area contributed by atoms with Gasteiger partial charge >= 0.3 is 6.18 Å². The van der Waals surface area contributed by atoms with E-state index in [9.17, 15) is 18.3 Å². The van der Waals surface area contributed by atoms with Crippen LogP contribution in [0.25, 0.3) is 0 Å². The van der Waals surface area contributed by atoms with Crippen molar-refractivity contribution in [2.45, 2.75) is 32.2 Å². The van der Waals surface area contributed by atoms with Crippen LogP contribution < -0.4 is 4.74 Å². The van der Waals surface area contributed by atoms with Gasteiger partial charge in [0, 0.05) is 32.2 Å². The number of aliphatic hydroxyl groups excluding tert-OH is 1. The van der Waals surface area contributed by atoms with Crippen molar-refractivity contribution < 1.29 is 23.0 Å². The Morgan fingerprint density at radius 3 is 2.50 bits per heavy atom. The van der Waals surface area contributed by atoms with Crippen LogP contribution in [0.2, 0.25) is 0 Å². The Labute approximate surface area is 140 Å². The quantitative estimate of drug-likeness (QED) is 0.858. The number of benzene rings is 1. The van der Waals surface area contributed by atoms with Gasteiger partial charge in [-0.3, -0.25) is 9.80 Å². The standard InChI is InChI=1S/C17H25F3N2O2/c1-13-3-5-16(6-4-13)24-11-15(23)10-21-7-8-22(14(2)9-21)12-17(18,19)20/h3-6,14-15,23H,7-12H2,1-2H3. The third kappa shape index (κ3) is 6.30. The highest BCUT2D eigenvalue weighted by Crippen LogP contribution is 2.20. The second kappa shape index (κ2) is 8.18. The Bertz CT molecular complexity index is 508. The summed E-state index contributed by atoms with van der Waals surface area (Å²) in [5.41, 5.74) is 1.13. The van der Waals surface area contributed by atoms with Crippen molar-refractivity contribution >= 4 is 0 Å². The first-order valence-electron chi connectivity index (χ1n) is 8.13. The summed E-state index contributed by atoms with van der Waals surface area (Å²) < 4.78 is 43.0. The molecule has 1 aromatic carbocycles. The molecular formula is C17H25F3N2O2. The molecule has 24 heavy (non-hydrogen) atoms. The minimum absolute atomic E-state index is 0.167. The van der Waals surface area contributed by atoms with Gasteiger partial charge in [0.25, 0.3) is 0 Å². The average Bonchev–Trinajstić information content (AvgIpc) is 2.48. The predicted octanol–water partition coefficient (Wildman–Crippen LogP) is 2.30. The molecule has 0 spiro atoms. The van der Waals surface area contributed by atoms with E-state index in [0.717, 1.165) is 5.56 Å². The Morgan fingerprint density at radius 2 is 1.92 bits per heavy atom. The molecule has 0 amide bonds. The molecule has 0 radical (unpaired) electrons. The Morgan fingerprint density at radius 1 is 1.25 bits per heavy atom. The number of aliphatic hydroxyl groups is 1. The number of aryl methyl sites for hydroxylation is 1. The molecule has 2 unspecified atom stereocenters. The van der Waals surface area contributed by atoms with Crippen LogP contribution in [0.5, 0.6) is 5.75 Å². The molecule has 0 saturated carbocycles. The number of alkyl halides is 3. The minimum Gasteiger partial charge on any atom is -0.491 e. The highest BCUT2D eigenvalue weighted by atomic mass is 19.4. The second-order valence-corrected chi connectivity index (χ2v) is 6.47. The minimum atomic E-state index is -4.17. The van der Waals surface area contributed by atoms with Crippen molar-refractivity contribution in [2.75, 3.05) is 39.3 Å². The SMILES string of the molecule is Cc1ccc(OCC(O)CN2CCN(CC(F)(F)F)C(C)C2)cc1. The molecule has 0 bridgehead atoms. The lowest BCUT2D eigenvalue weighted by Gasteiger charge is -2.40. The Hall–Kier alpha value is -1.31. The van der Waals surface area contributed by atoms with Gasteiger partial charge in [0.2, 0.25) is 0 Å². The maximum atomic E-state index is 12.5. The maximum Gasteiger partial charge on any atom is 0.401 e. The number of nitrogens with zero attached hydrogens (tertiary/aromatic N) is 2. The highest BCUT2D eigenvalue weighted by molar-refractivity contribution is 5.26. The molecule has 1 aliphatic heterocycles. The van der Waals surface area contributed by atoms with E-state index in [0.29, 0.717) is 31.9 Å². The second-order valence-electron chi connectivity index (χ2n) is 6.47. The fourth-order valence-corrected chi connectivity index (χ4v) is 2.88. The Kier molecular flexibility index (Phi) is 6.48. The summed E-state index contributed by atoms with van der Waals surface area (Å²) in [6.45, 7) is 4.84. The molecule has 1 N–H and O–H groups in total. The number of ether oxygens (including phenoxy) is 1. The number of piperazine rings is 1. The zero-order valence-corrected chi connectivity index (χ0v) is 14.1. The van der Waals surface area contributed by atoms with Gasteiger partial charge in [-0.2, -0.15) is 13.2 Å². The molecule has 0 aliphatic carbocycles. The molecule has 1 fully saturated rings. The highest BCUT2D eigenvalue weighted by Gasteiger charge is 2.35. The lowest BCUT2D eigenvalue weighted by atomic mass is 10.1. The van der Waals surface area contributed by atoms with Crippen molar-refractivity contribution in [2.24, 2.45) is 0 Å². The van der Waals surface area contributed by atoms with Crippen LogP contribution in [-0.2, 0) is 0 Å². The molecule has 2 rings (SSSR count). The molecule has 4 nitrogen and oxygen atoms in total. The smallest absolute Gasteiger partial charge is 0.401 e. The van der Waals surface area contributed by atoms with Gasteiger partial charge in [-0.25, -0.2) is 0 Å². The third-order valence-corrected chi connectivity index (χ3v) is 4.16.